The summed E-state index contributed by atoms with van der Waals surface area (Å²) in [7, 11) is 0. The zero-order valence-electron chi connectivity index (χ0n) is 6.39. The molecule has 0 heterocycles. The molecule has 11 heavy (non-hydrogen) atoms. The van der Waals surface area contributed by atoms with Gasteiger partial charge in [-0.3, -0.25) is 0 Å². The zero-order valence-corrected chi connectivity index (χ0v) is 6.39. The van der Waals surface area contributed by atoms with Crippen LogP contribution < -0.4 is 11.5 Å². The summed E-state index contributed by atoms with van der Waals surface area (Å²) < 4.78 is 0. The van der Waals surface area contributed by atoms with Crippen LogP contribution in [0.1, 0.15) is 11.1 Å². The monoisotopic (exact) mass is 149 g/mol. The summed E-state index contributed by atoms with van der Waals surface area (Å²) in [4.78, 5) is 0. The second-order valence-electron chi connectivity index (χ2n) is 2.50. The lowest BCUT2D eigenvalue weighted by molar-refractivity contribution is 1.45. The molecule has 1 aromatic rings. The van der Waals surface area contributed by atoms with E-state index in [1.807, 2.05) is 6.92 Å². The van der Waals surface area contributed by atoms with E-state index in [-0.39, 0.29) is 0 Å². The number of nitrogen functional groups attached to an aromatic ring is 2. The molecular weight excluding hydrogens is 138 g/mol. The Balaban J connectivity index is 3.36. The minimum atomic E-state index is 0.567. The summed E-state index contributed by atoms with van der Waals surface area (Å²) in [6, 6.07) is 3.60. The molecule has 58 valence electrons. The van der Waals surface area contributed by atoms with Crippen molar-refractivity contribution in [1.29, 1.82) is 5.41 Å². The van der Waals surface area contributed by atoms with Crippen molar-refractivity contribution in [2.45, 2.75) is 6.92 Å². The molecule has 5 N–H and O–H groups in total. The van der Waals surface area contributed by atoms with E-state index in [1.165, 1.54) is 6.21 Å². The number of nitrogens with two attached hydrogens (primary N) is 2. The molecule has 0 bridgehead atoms. The van der Waals surface area contributed by atoms with Crippen molar-refractivity contribution in [2.75, 3.05) is 11.5 Å². The van der Waals surface area contributed by atoms with Gasteiger partial charge in [0.25, 0.3) is 0 Å². The van der Waals surface area contributed by atoms with Crippen molar-refractivity contribution < 1.29 is 0 Å². The Morgan fingerprint density at radius 1 is 1.27 bits per heavy atom. The quantitative estimate of drug-likeness (QED) is 0.414. The van der Waals surface area contributed by atoms with E-state index in [1.54, 1.807) is 12.1 Å². The predicted octanol–water partition coefficient (Wildman–Crippen LogP) is 1.16. The van der Waals surface area contributed by atoms with Gasteiger partial charge >= 0.3 is 0 Å². The number of aryl methyl sites for hydroxylation is 1. The van der Waals surface area contributed by atoms with Gasteiger partial charge in [-0.05, 0) is 24.6 Å². The molecule has 0 aliphatic rings. The highest BCUT2D eigenvalue weighted by atomic mass is 14.6. The summed E-state index contributed by atoms with van der Waals surface area (Å²) in [5.41, 5.74) is 14.0. The van der Waals surface area contributed by atoms with E-state index >= 15 is 0 Å². The van der Waals surface area contributed by atoms with Crippen LogP contribution in [0.4, 0.5) is 11.4 Å². The first-order chi connectivity index (χ1) is 5.15. The molecule has 0 aliphatic heterocycles. The van der Waals surface area contributed by atoms with Crippen molar-refractivity contribution in [3.05, 3.63) is 23.3 Å². The number of benzene rings is 1. The Labute approximate surface area is 65.5 Å². The van der Waals surface area contributed by atoms with Crippen LogP contribution in [0.25, 0.3) is 0 Å². The number of rotatable bonds is 1. The Morgan fingerprint density at radius 3 is 2.09 bits per heavy atom. The highest BCUT2D eigenvalue weighted by Gasteiger charge is 2.00. The smallest absolute Gasteiger partial charge is 0.0426 e. The summed E-state index contributed by atoms with van der Waals surface area (Å²) in [6.45, 7) is 1.92. The third-order valence-electron chi connectivity index (χ3n) is 1.53. The Bertz CT molecular complexity index is 268. The van der Waals surface area contributed by atoms with Gasteiger partial charge in [0.2, 0.25) is 0 Å². The Kier molecular flexibility index (Phi) is 1.81. The van der Waals surface area contributed by atoms with E-state index in [2.05, 4.69) is 0 Å². The Hall–Kier alpha value is -1.51. The molecule has 0 amide bonds. The number of anilines is 2. The van der Waals surface area contributed by atoms with Crippen molar-refractivity contribution in [1.82, 2.24) is 0 Å². The van der Waals surface area contributed by atoms with E-state index in [0.29, 0.717) is 16.9 Å². The largest absolute Gasteiger partial charge is 0.398 e. The van der Waals surface area contributed by atoms with Gasteiger partial charge in [-0.25, -0.2) is 0 Å². The molecule has 3 heteroatoms. The van der Waals surface area contributed by atoms with Gasteiger partial charge in [0.05, 0.1) is 0 Å². The first-order valence-corrected chi connectivity index (χ1v) is 3.31. The van der Waals surface area contributed by atoms with Gasteiger partial charge in [0.15, 0.2) is 0 Å². The first-order valence-electron chi connectivity index (χ1n) is 3.31. The van der Waals surface area contributed by atoms with Crippen LogP contribution in [0.5, 0.6) is 0 Å². The summed E-state index contributed by atoms with van der Waals surface area (Å²) in [6.07, 6.45) is 1.17. The minimum absolute atomic E-state index is 0.567. The lowest BCUT2D eigenvalue weighted by Gasteiger charge is -2.04. The van der Waals surface area contributed by atoms with Crippen molar-refractivity contribution in [3.8, 4) is 0 Å². The molecule has 1 rings (SSSR count). The number of hydrogen-bond donors (Lipinski definition) is 3. The van der Waals surface area contributed by atoms with Crippen LogP contribution in [0.15, 0.2) is 12.1 Å². The van der Waals surface area contributed by atoms with Gasteiger partial charge in [-0.2, -0.15) is 0 Å². The fourth-order valence-electron chi connectivity index (χ4n) is 1.02. The maximum absolute atomic E-state index is 7.01. The molecule has 0 aromatic heterocycles. The number of hydrogen-bond acceptors (Lipinski definition) is 3. The van der Waals surface area contributed by atoms with Gasteiger partial charge < -0.3 is 16.9 Å². The molecule has 0 fully saturated rings. The third kappa shape index (κ3) is 1.32. The molecule has 0 spiro atoms. The predicted molar refractivity (Wildman–Crippen MR) is 47.9 cm³/mol. The fraction of sp³-hybridized carbons (Fsp3) is 0.125. The maximum Gasteiger partial charge on any atom is 0.0426 e. The first kappa shape index (κ1) is 7.60. The minimum Gasteiger partial charge on any atom is -0.398 e. The van der Waals surface area contributed by atoms with Crippen LogP contribution in [0.2, 0.25) is 0 Å². The van der Waals surface area contributed by atoms with Crippen LogP contribution >= 0.6 is 0 Å². The SMILES string of the molecule is Cc1cc(N)c(C=N)c(N)c1. The highest BCUT2D eigenvalue weighted by molar-refractivity contribution is 5.92. The summed E-state index contributed by atoms with van der Waals surface area (Å²) in [5.74, 6) is 0. The topological polar surface area (TPSA) is 75.9 Å². The molecule has 0 aliphatic carbocycles. The van der Waals surface area contributed by atoms with E-state index in [9.17, 15) is 0 Å². The van der Waals surface area contributed by atoms with Crippen molar-refractivity contribution in [3.63, 3.8) is 0 Å². The second-order valence-corrected chi connectivity index (χ2v) is 2.50. The molecule has 0 saturated carbocycles. The normalized spacial score (nSPS) is 9.55. The average Bonchev–Trinajstić information content (AvgIpc) is 1.85. The maximum atomic E-state index is 7.01. The molecule has 3 nitrogen and oxygen atoms in total. The zero-order chi connectivity index (χ0) is 8.43. The van der Waals surface area contributed by atoms with Crippen LogP contribution in [0.3, 0.4) is 0 Å². The van der Waals surface area contributed by atoms with Gasteiger partial charge in [-0.15, -0.1) is 0 Å². The van der Waals surface area contributed by atoms with Crippen molar-refractivity contribution >= 4 is 17.6 Å². The highest BCUT2D eigenvalue weighted by Crippen LogP contribution is 2.19. The molecule has 0 radical (unpaired) electrons. The van der Waals surface area contributed by atoms with Crippen LogP contribution in [-0.4, -0.2) is 6.21 Å². The summed E-state index contributed by atoms with van der Waals surface area (Å²) >= 11 is 0. The number of nitrogens with one attached hydrogen (secondary N) is 1. The van der Waals surface area contributed by atoms with Crippen LogP contribution in [0, 0.1) is 12.3 Å². The lowest BCUT2D eigenvalue weighted by Crippen LogP contribution is -1.99. The molecular formula is C8H11N3. The lowest BCUT2D eigenvalue weighted by atomic mass is 10.1. The van der Waals surface area contributed by atoms with E-state index in [4.69, 9.17) is 16.9 Å². The van der Waals surface area contributed by atoms with Gasteiger partial charge in [0.1, 0.15) is 0 Å². The second kappa shape index (κ2) is 2.62. The molecule has 0 atom stereocenters. The average molecular weight is 149 g/mol. The van der Waals surface area contributed by atoms with E-state index < -0.39 is 0 Å². The van der Waals surface area contributed by atoms with Gasteiger partial charge in [0, 0.05) is 23.2 Å². The van der Waals surface area contributed by atoms with E-state index in [0.717, 1.165) is 5.56 Å². The fourth-order valence-corrected chi connectivity index (χ4v) is 1.02. The Morgan fingerprint density at radius 2 is 1.73 bits per heavy atom. The van der Waals surface area contributed by atoms with Gasteiger partial charge in [-0.1, -0.05) is 0 Å². The molecule has 1 aromatic carbocycles. The summed E-state index contributed by atoms with van der Waals surface area (Å²) in [5, 5.41) is 7.01. The van der Waals surface area contributed by atoms with Crippen LogP contribution in [-0.2, 0) is 0 Å². The molecule has 0 saturated heterocycles. The third-order valence-corrected chi connectivity index (χ3v) is 1.53. The van der Waals surface area contributed by atoms with Crippen molar-refractivity contribution in [2.24, 2.45) is 0 Å². The standard InChI is InChI=1S/C8H11N3/c1-5-2-7(10)6(4-9)8(11)3-5/h2-4,9H,10-11H2,1H3. The molecule has 0 unspecified atom stereocenters.